The molecule has 28 heavy (non-hydrogen) atoms. The third-order valence-electron chi connectivity index (χ3n) is 5.76. The summed E-state index contributed by atoms with van der Waals surface area (Å²) in [7, 11) is 3.94. The molecule has 0 radical (unpaired) electrons. The molecule has 1 amide bonds. The quantitative estimate of drug-likeness (QED) is 0.814. The molecule has 2 aromatic heterocycles. The summed E-state index contributed by atoms with van der Waals surface area (Å²) in [6.45, 7) is 6.42. The zero-order valence-electron chi connectivity index (χ0n) is 17.2. The van der Waals surface area contributed by atoms with Crippen molar-refractivity contribution in [3.8, 4) is 0 Å². The van der Waals surface area contributed by atoms with Gasteiger partial charge in [0.2, 0.25) is 0 Å². The minimum absolute atomic E-state index is 0.128. The summed E-state index contributed by atoms with van der Waals surface area (Å²) >= 11 is 0. The highest BCUT2D eigenvalue weighted by molar-refractivity contribution is 5.99. The predicted molar refractivity (Wildman–Crippen MR) is 110 cm³/mol. The van der Waals surface area contributed by atoms with Crippen molar-refractivity contribution in [2.24, 2.45) is 0 Å². The van der Waals surface area contributed by atoms with Gasteiger partial charge in [-0.25, -0.2) is 4.98 Å². The van der Waals surface area contributed by atoms with Gasteiger partial charge in [-0.2, -0.15) is 0 Å². The van der Waals surface area contributed by atoms with Gasteiger partial charge in [0.1, 0.15) is 17.3 Å². The summed E-state index contributed by atoms with van der Waals surface area (Å²) < 4.78 is 5.75. The number of rotatable bonds is 4. The molecule has 0 aliphatic carbocycles. The van der Waals surface area contributed by atoms with Crippen LogP contribution in [0.15, 0.2) is 22.6 Å². The minimum atomic E-state index is 0.128. The first kappa shape index (κ1) is 19.0. The van der Waals surface area contributed by atoms with Gasteiger partial charge < -0.3 is 14.2 Å². The predicted octanol–water partition coefficient (Wildman–Crippen LogP) is 2.89. The van der Waals surface area contributed by atoms with Crippen LogP contribution in [0.4, 0.5) is 5.82 Å². The molecule has 6 heteroatoms. The van der Waals surface area contributed by atoms with Crippen molar-refractivity contribution in [2.45, 2.75) is 39.2 Å². The van der Waals surface area contributed by atoms with Crippen LogP contribution in [0.2, 0.25) is 0 Å². The van der Waals surface area contributed by atoms with Crippen LogP contribution in [0, 0.1) is 6.92 Å². The van der Waals surface area contributed by atoms with E-state index in [0.717, 1.165) is 87.0 Å². The van der Waals surface area contributed by atoms with Gasteiger partial charge in [-0.3, -0.25) is 9.69 Å². The number of likely N-dealkylation sites (tertiary alicyclic amines) is 1. The summed E-state index contributed by atoms with van der Waals surface area (Å²) in [5.74, 6) is 2.89. The van der Waals surface area contributed by atoms with Crippen molar-refractivity contribution in [1.29, 1.82) is 0 Å². The Morgan fingerprint density at radius 1 is 1.14 bits per heavy atom. The van der Waals surface area contributed by atoms with E-state index in [0.29, 0.717) is 0 Å². The van der Waals surface area contributed by atoms with Crippen LogP contribution in [-0.2, 0) is 19.4 Å². The number of hydrogen-bond donors (Lipinski definition) is 0. The Balaban J connectivity index is 1.56. The summed E-state index contributed by atoms with van der Waals surface area (Å²) in [6, 6.07) is 6.19. The lowest BCUT2D eigenvalue weighted by Gasteiger charge is -2.22. The number of fused-ring (bicyclic) bond motifs is 1. The molecule has 1 saturated heterocycles. The number of hydrogen-bond acceptors (Lipinski definition) is 5. The summed E-state index contributed by atoms with van der Waals surface area (Å²) in [4.78, 5) is 24.4. The molecule has 1 fully saturated rings. The standard InChI is InChI=1S/C22H30N4O2/c1-16-6-7-18(28-16)15-25-12-8-17-14-19(22(27)26-10-4-5-11-26)21(24(2)3)23-20(17)9-13-25/h6-7,14H,4-5,8-13,15H2,1-3H3. The Hall–Kier alpha value is -2.34. The van der Waals surface area contributed by atoms with Crippen LogP contribution >= 0.6 is 0 Å². The molecular weight excluding hydrogens is 352 g/mol. The van der Waals surface area contributed by atoms with Gasteiger partial charge in [0.15, 0.2) is 0 Å². The molecule has 6 nitrogen and oxygen atoms in total. The molecule has 0 aromatic carbocycles. The van der Waals surface area contributed by atoms with E-state index in [-0.39, 0.29) is 5.91 Å². The van der Waals surface area contributed by atoms with E-state index in [1.807, 2.05) is 36.9 Å². The fourth-order valence-electron chi connectivity index (χ4n) is 4.21. The fourth-order valence-corrected chi connectivity index (χ4v) is 4.21. The molecule has 2 aliphatic rings. The summed E-state index contributed by atoms with van der Waals surface area (Å²) in [5, 5.41) is 0. The van der Waals surface area contributed by atoms with Crippen LogP contribution in [0.5, 0.6) is 0 Å². The van der Waals surface area contributed by atoms with E-state index in [4.69, 9.17) is 9.40 Å². The summed E-state index contributed by atoms with van der Waals surface area (Å²) in [6.07, 6.45) is 4.01. The SMILES string of the molecule is Cc1ccc(CN2CCc3cc(C(=O)N4CCCC4)c(N(C)C)nc3CC2)o1. The van der Waals surface area contributed by atoms with Crippen LogP contribution in [0.1, 0.15) is 46.0 Å². The number of carbonyl (C=O) groups is 1. The molecule has 4 heterocycles. The monoisotopic (exact) mass is 382 g/mol. The third-order valence-corrected chi connectivity index (χ3v) is 5.76. The van der Waals surface area contributed by atoms with E-state index in [1.165, 1.54) is 5.56 Å². The van der Waals surface area contributed by atoms with Gasteiger partial charge in [-0.05, 0) is 49.9 Å². The van der Waals surface area contributed by atoms with E-state index in [1.54, 1.807) is 0 Å². The molecule has 0 saturated carbocycles. The fraction of sp³-hybridized carbons (Fsp3) is 0.545. The first-order valence-corrected chi connectivity index (χ1v) is 10.3. The number of furan rings is 1. The maximum Gasteiger partial charge on any atom is 0.257 e. The first-order chi connectivity index (χ1) is 13.5. The summed E-state index contributed by atoms with van der Waals surface area (Å²) in [5.41, 5.74) is 3.09. The van der Waals surface area contributed by atoms with Crippen molar-refractivity contribution in [1.82, 2.24) is 14.8 Å². The zero-order valence-corrected chi connectivity index (χ0v) is 17.2. The van der Waals surface area contributed by atoms with Crippen molar-refractivity contribution in [2.75, 3.05) is 45.2 Å². The molecule has 0 atom stereocenters. The van der Waals surface area contributed by atoms with Gasteiger partial charge in [0, 0.05) is 52.4 Å². The van der Waals surface area contributed by atoms with Crippen molar-refractivity contribution in [3.63, 3.8) is 0 Å². The largest absolute Gasteiger partial charge is 0.465 e. The van der Waals surface area contributed by atoms with Crippen molar-refractivity contribution in [3.05, 3.63) is 46.5 Å². The van der Waals surface area contributed by atoms with Crippen LogP contribution in [0.25, 0.3) is 0 Å². The molecular formula is C22H30N4O2. The van der Waals surface area contributed by atoms with Gasteiger partial charge in [0.05, 0.1) is 12.1 Å². The number of nitrogens with zero attached hydrogens (tertiary/aromatic N) is 4. The van der Waals surface area contributed by atoms with E-state index < -0.39 is 0 Å². The minimum Gasteiger partial charge on any atom is -0.465 e. The molecule has 0 N–H and O–H groups in total. The number of pyridine rings is 1. The lowest BCUT2D eigenvalue weighted by molar-refractivity contribution is 0.0793. The van der Waals surface area contributed by atoms with Gasteiger partial charge in [0.25, 0.3) is 5.91 Å². The second kappa shape index (κ2) is 7.95. The molecule has 0 bridgehead atoms. The lowest BCUT2D eigenvalue weighted by Crippen LogP contribution is -2.30. The average Bonchev–Trinajstić information content (AvgIpc) is 3.30. The second-order valence-electron chi connectivity index (χ2n) is 8.15. The van der Waals surface area contributed by atoms with Gasteiger partial charge in [-0.15, -0.1) is 0 Å². The molecule has 0 spiro atoms. The highest BCUT2D eigenvalue weighted by Crippen LogP contribution is 2.26. The zero-order chi connectivity index (χ0) is 19.7. The Morgan fingerprint density at radius 3 is 2.57 bits per heavy atom. The van der Waals surface area contributed by atoms with E-state index >= 15 is 0 Å². The van der Waals surface area contributed by atoms with E-state index in [9.17, 15) is 4.79 Å². The molecule has 0 unspecified atom stereocenters. The van der Waals surface area contributed by atoms with Crippen molar-refractivity contribution >= 4 is 11.7 Å². The van der Waals surface area contributed by atoms with Gasteiger partial charge >= 0.3 is 0 Å². The second-order valence-corrected chi connectivity index (χ2v) is 8.15. The molecule has 150 valence electrons. The number of anilines is 1. The van der Waals surface area contributed by atoms with E-state index in [2.05, 4.69) is 17.0 Å². The Bertz CT molecular complexity index is 852. The normalized spacial score (nSPS) is 17.5. The Kier molecular flexibility index (Phi) is 5.40. The third kappa shape index (κ3) is 3.92. The topological polar surface area (TPSA) is 52.8 Å². The van der Waals surface area contributed by atoms with Crippen LogP contribution < -0.4 is 4.90 Å². The lowest BCUT2D eigenvalue weighted by atomic mass is 10.0. The Labute approximate surface area is 167 Å². The Morgan fingerprint density at radius 2 is 1.89 bits per heavy atom. The first-order valence-electron chi connectivity index (χ1n) is 10.3. The number of amides is 1. The van der Waals surface area contributed by atoms with Crippen LogP contribution in [-0.4, -0.2) is 61.0 Å². The highest BCUT2D eigenvalue weighted by Gasteiger charge is 2.26. The number of aromatic nitrogens is 1. The molecule has 4 rings (SSSR count). The van der Waals surface area contributed by atoms with Crippen molar-refractivity contribution < 1.29 is 9.21 Å². The van der Waals surface area contributed by atoms with Crippen LogP contribution in [0.3, 0.4) is 0 Å². The number of carbonyl (C=O) groups excluding carboxylic acids is 1. The number of aryl methyl sites for hydroxylation is 1. The molecule has 2 aliphatic heterocycles. The maximum absolute atomic E-state index is 13.1. The van der Waals surface area contributed by atoms with Gasteiger partial charge in [-0.1, -0.05) is 0 Å². The average molecular weight is 383 g/mol. The smallest absolute Gasteiger partial charge is 0.257 e. The highest BCUT2D eigenvalue weighted by atomic mass is 16.3. The maximum atomic E-state index is 13.1. The molecule has 2 aromatic rings.